The number of nitro groups is 1. The average molecular weight is 575 g/mol. The molecule has 0 radical (unpaired) electrons. The molecule has 2 fully saturated rings. The molecule has 0 aromatic heterocycles. The van der Waals surface area contributed by atoms with Crippen molar-refractivity contribution in [1.82, 2.24) is 4.90 Å². The van der Waals surface area contributed by atoms with Crippen molar-refractivity contribution in [2.75, 3.05) is 0 Å². The van der Waals surface area contributed by atoms with Crippen molar-refractivity contribution in [3.05, 3.63) is 50.5 Å². The van der Waals surface area contributed by atoms with Crippen LogP contribution in [0.15, 0.2) is 34.9 Å². The minimum absolute atomic E-state index is 0.0160. The fourth-order valence-corrected chi connectivity index (χ4v) is 8.67. The summed E-state index contributed by atoms with van der Waals surface area (Å²) in [5, 5.41) is 11.4. The fourth-order valence-electron chi connectivity index (χ4n) is 5.66. The van der Waals surface area contributed by atoms with Crippen LogP contribution in [0, 0.1) is 22.0 Å². The van der Waals surface area contributed by atoms with E-state index in [-0.39, 0.29) is 47.2 Å². The predicted octanol–water partition coefficient (Wildman–Crippen LogP) is 6.80. The van der Waals surface area contributed by atoms with Crippen molar-refractivity contribution in [1.29, 1.82) is 0 Å². The van der Waals surface area contributed by atoms with E-state index in [4.69, 9.17) is 9.16 Å². The van der Waals surface area contributed by atoms with E-state index in [1.54, 1.807) is 28.8 Å². The summed E-state index contributed by atoms with van der Waals surface area (Å²) < 4.78 is 12.4. The Kier molecular flexibility index (Phi) is 8.69. The molecule has 2 aliphatic heterocycles. The number of hydrogen-bond acceptors (Lipinski definition) is 7. The molecule has 2 heterocycles. The zero-order valence-electron chi connectivity index (χ0n) is 24.2. The van der Waals surface area contributed by atoms with Gasteiger partial charge in [0.25, 0.3) is 5.69 Å². The van der Waals surface area contributed by atoms with Crippen LogP contribution in [0.1, 0.15) is 72.3 Å². The number of benzene rings is 1. The second kappa shape index (κ2) is 11.4. The van der Waals surface area contributed by atoms with Crippen molar-refractivity contribution in [2.45, 2.75) is 109 Å². The largest absolute Gasteiger partial charge is 0.456 e. The van der Waals surface area contributed by atoms with E-state index in [0.29, 0.717) is 16.5 Å². The van der Waals surface area contributed by atoms with E-state index in [2.05, 4.69) is 40.8 Å². The topological polar surface area (TPSA) is 99.0 Å². The first-order valence-corrected chi connectivity index (χ1v) is 17.8. The summed E-state index contributed by atoms with van der Waals surface area (Å²) >= 11 is 1.76. The Balaban J connectivity index is 1.55. The number of fused-ring (bicyclic) bond motifs is 1. The van der Waals surface area contributed by atoms with Gasteiger partial charge in [-0.15, -0.1) is 11.8 Å². The smallest absolute Gasteiger partial charge is 0.356 e. The maximum atomic E-state index is 13.6. The van der Waals surface area contributed by atoms with Crippen molar-refractivity contribution < 1.29 is 23.7 Å². The maximum absolute atomic E-state index is 13.6. The Morgan fingerprint density at radius 2 is 1.79 bits per heavy atom. The lowest BCUT2D eigenvalue weighted by Crippen LogP contribution is -2.65. The second-order valence-electron chi connectivity index (χ2n) is 12.7. The fraction of sp³-hybridized carbons (Fsp3) is 0.655. The molecule has 39 heavy (non-hydrogen) atoms. The summed E-state index contributed by atoms with van der Waals surface area (Å²) in [5.41, 5.74) is 1.02. The second-order valence-corrected chi connectivity index (χ2v) is 18.8. The molecule has 4 atom stereocenters. The molecule has 1 aliphatic carbocycles. The van der Waals surface area contributed by atoms with Crippen LogP contribution in [0.3, 0.4) is 0 Å². The molecule has 1 aromatic rings. The van der Waals surface area contributed by atoms with E-state index < -0.39 is 19.2 Å². The van der Waals surface area contributed by atoms with E-state index >= 15 is 0 Å². The summed E-state index contributed by atoms with van der Waals surface area (Å²) in [6, 6.07) is 5.84. The summed E-state index contributed by atoms with van der Waals surface area (Å²) in [6.07, 6.45) is 5.60. The Morgan fingerprint density at radius 1 is 1.18 bits per heavy atom. The monoisotopic (exact) mass is 574 g/mol. The first-order chi connectivity index (χ1) is 18.2. The van der Waals surface area contributed by atoms with Crippen molar-refractivity contribution in [2.24, 2.45) is 11.8 Å². The highest BCUT2D eigenvalue weighted by atomic mass is 32.2. The summed E-state index contributed by atoms with van der Waals surface area (Å²) in [6.45, 7) is 15.1. The summed E-state index contributed by atoms with van der Waals surface area (Å²) in [4.78, 5) is 40.3. The number of nitrogens with zero attached hydrogens (tertiary/aromatic N) is 2. The third-order valence-electron chi connectivity index (χ3n) is 8.94. The number of β-lactam (4-membered cyclic amide) rings is 1. The molecule has 4 rings (SSSR count). The highest BCUT2D eigenvalue weighted by Gasteiger charge is 2.61. The quantitative estimate of drug-likeness (QED) is 0.105. The first kappa shape index (κ1) is 29.8. The first-order valence-electron chi connectivity index (χ1n) is 14.0. The van der Waals surface area contributed by atoms with Gasteiger partial charge in [0, 0.05) is 28.2 Å². The number of non-ortho nitro benzene ring substituents is 1. The highest BCUT2D eigenvalue weighted by Crippen LogP contribution is 2.53. The molecular formula is C29H42N2O6SSi. The lowest BCUT2D eigenvalue weighted by atomic mass is 9.79. The van der Waals surface area contributed by atoms with Gasteiger partial charge in [0.05, 0.1) is 23.0 Å². The molecule has 10 heteroatoms. The third-order valence-corrected chi connectivity index (χ3v) is 15.1. The molecule has 0 bridgehead atoms. The van der Waals surface area contributed by atoms with Crippen LogP contribution in [0.5, 0.6) is 0 Å². The van der Waals surface area contributed by atoms with Gasteiger partial charge in [0.2, 0.25) is 5.91 Å². The number of hydrogen-bond donors (Lipinski definition) is 0. The zero-order chi connectivity index (χ0) is 28.7. The van der Waals surface area contributed by atoms with Crippen molar-refractivity contribution in [3.8, 4) is 0 Å². The Bertz CT molecular complexity index is 1140. The molecule has 8 nitrogen and oxygen atoms in total. The maximum Gasteiger partial charge on any atom is 0.356 e. The molecule has 214 valence electrons. The van der Waals surface area contributed by atoms with Gasteiger partial charge in [-0.05, 0) is 55.6 Å². The number of carbonyl (C=O) groups is 2. The van der Waals surface area contributed by atoms with Crippen LogP contribution in [0.2, 0.25) is 18.1 Å². The standard InChI is InChI=1S/C29H42N2O6SSi/c1-18-24-23(19(2)37-39(6,7)29(3,4)5)27(32)30(24)25(26(18)38-22-11-9-8-10-12-22)28(33)36-17-20-13-15-21(16-14-20)31(34)35/h13-16,18-19,22-24H,8-12,17H2,1-7H3/t18-,19-,23-,24-/m1/s1. The minimum atomic E-state index is -2.08. The molecule has 0 spiro atoms. The number of nitro benzene ring substituents is 1. The lowest BCUT2D eigenvalue weighted by molar-refractivity contribution is -0.384. The van der Waals surface area contributed by atoms with E-state index in [1.165, 1.54) is 31.4 Å². The summed E-state index contributed by atoms with van der Waals surface area (Å²) in [5.74, 6) is -0.853. The minimum Gasteiger partial charge on any atom is -0.456 e. The molecule has 1 saturated carbocycles. The number of carbonyl (C=O) groups excluding carboxylic acids is 2. The van der Waals surface area contributed by atoms with Gasteiger partial charge in [-0.25, -0.2) is 4.79 Å². The van der Waals surface area contributed by atoms with Crippen molar-refractivity contribution >= 4 is 37.6 Å². The van der Waals surface area contributed by atoms with Crippen molar-refractivity contribution in [3.63, 3.8) is 0 Å². The molecule has 0 N–H and O–H groups in total. The molecule has 1 amide bonds. The molecule has 1 aromatic carbocycles. The van der Waals surface area contributed by atoms with E-state index in [9.17, 15) is 19.7 Å². The third kappa shape index (κ3) is 5.98. The predicted molar refractivity (Wildman–Crippen MR) is 155 cm³/mol. The average Bonchev–Trinajstić information content (AvgIpc) is 3.10. The Morgan fingerprint density at radius 3 is 2.36 bits per heavy atom. The van der Waals surface area contributed by atoms with Crippen LogP contribution in [0.4, 0.5) is 5.69 Å². The number of esters is 1. The van der Waals surface area contributed by atoms with Gasteiger partial charge in [-0.1, -0.05) is 47.0 Å². The number of ether oxygens (including phenoxy) is 1. The molecular weight excluding hydrogens is 532 g/mol. The Hall–Kier alpha value is -2.17. The van der Waals surface area contributed by atoms with Crippen LogP contribution >= 0.6 is 11.8 Å². The number of thioether (sulfide) groups is 1. The summed E-state index contributed by atoms with van der Waals surface area (Å²) in [7, 11) is -2.08. The van der Waals surface area contributed by atoms with Crippen LogP contribution in [-0.4, -0.2) is 47.4 Å². The van der Waals surface area contributed by atoms with Gasteiger partial charge in [0.15, 0.2) is 8.32 Å². The number of rotatable bonds is 9. The lowest BCUT2D eigenvalue weighted by Gasteiger charge is -2.50. The van der Waals surface area contributed by atoms with Gasteiger partial charge in [-0.3, -0.25) is 14.9 Å². The van der Waals surface area contributed by atoms with Crippen LogP contribution in [-0.2, 0) is 25.4 Å². The zero-order valence-corrected chi connectivity index (χ0v) is 26.0. The molecule has 3 aliphatic rings. The SMILES string of the molecule is C[C@@H](O[Si](C)(C)C(C)(C)C)[C@H]1C(=O)N2C(C(=O)OCc3ccc([N+](=O)[O-])cc3)=C(SC3CCCCC3)[C@H](C)[C@H]12. The van der Waals surface area contributed by atoms with Crippen LogP contribution in [0.25, 0.3) is 0 Å². The Labute approximate surface area is 237 Å². The molecule has 1 saturated heterocycles. The van der Waals surface area contributed by atoms with Gasteiger partial charge < -0.3 is 14.1 Å². The normalized spacial score (nSPS) is 24.8. The van der Waals surface area contributed by atoms with E-state index in [1.807, 2.05) is 6.92 Å². The molecule has 0 unspecified atom stereocenters. The number of amides is 1. The van der Waals surface area contributed by atoms with Crippen LogP contribution < -0.4 is 0 Å². The van der Waals surface area contributed by atoms with E-state index in [0.717, 1.165) is 17.7 Å². The van der Waals surface area contributed by atoms with Gasteiger partial charge in [0.1, 0.15) is 12.3 Å². The van der Waals surface area contributed by atoms with Gasteiger partial charge in [-0.2, -0.15) is 0 Å². The van der Waals surface area contributed by atoms with Gasteiger partial charge >= 0.3 is 5.97 Å². The highest BCUT2D eigenvalue weighted by molar-refractivity contribution is 8.03.